The molecule has 4 nitrogen and oxygen atoms in total. The summed E-state index contributed by atoms with van der Waals surface area (Å²) >= 11 is 0. The van der Waals surface area contributed by atoms with Gasteiger partial charge in [-0.25, -0.2) is 0 Å². The van der Waals surface area contributed by atoms with Crippen molar-refractivity contribution in [1.82, 2.24) is 4.57 Å². The van der Waals surface area contributed by atoms with Gasteiger partial charge >= 0.3 is 0 Å². The van der Waals surface area contributed by atoms with Gasteiger partial charge in [0, 0.05) is 29.2 Å². The largest absolute Gasteiger partial charge is 0.388 e. The summed E-state index contributed by atoms with van der Waals surface area (Å²) in [6, 6.07) is 23.9. The summed E-state index contributed by atoms with van der Waals surface area (Å²) in [6.45, 7) is 0. The van der Waals surface area contributed by atoms with E-state index in [9.17, 15) is 10.5 Å². The number of anilines is 1. The summed E-state index contributed by atoms with van der Waals surface area (Å²) in [5, 5.41) is 23.8. The molecule has 3 aromatic carbocycles. The predicted molar refractivity (Wildman–Crippen MR) is 99.8 cm³/mol. The van der Waals surface area contributed by atoms with Crippen LogP contribution in [0.1, 0.15) is 11.1 Å². The van der Waals surface area contributed by atoms with Gasteiger partial charge in [0.05, 0.1) is 34.3 Å². The zero-order valence-corrected chi connectivity index (χ0v) is 13.6. The van der Waals surface area contributed by atoms with E-state index in [1.807, 2.05) is 67.7 Å². The summed E-state index contributed by atoms with van der Waals surface area (Å²) in [4.78, 5) is 0. The molecular formula is C21H14N4. The van der Waals surface area contributed by atoms with Crippen molar-refractivity contribution < 1.29 is 0 Å². The first-order valence-corrected chi connectivity index (χ1v) is 7.92. The molecule has 0 unspecified atom stereocenters. The molecule has 0 radical (unpaired) electrons. The highest BCUT2D eigenvalue weighted by Crippen LogP contribution is 2.33. The summed E-state index contributed by atoms with van der Waals surface area (Å²) < 4.78 is 2.10. The second-order valence-corrected chi connectivity index (χ2v) is 5.82. The van der Waals surface area contributed by atoms with Gasteiger partial charge in [-0.1, -0.05) is 12.1 Å². The molecule has 0 aliphatic rings. The Labute approximate surface area is 145 Å². The van der Waals surface area contributed by atoms with E-state index in [0.29, 0.717) is 11.1 Å². The van der Waals surface area contributed by atoms with Crippen LogP contribution in [0.4, 0.5) is 5.69 Å². The van der Waals surface area contributed by atoms with Crippen LogP contribution in [0.5, 0.6) is 0 Å². The van der Waals surface area contributed by atoms with Crippen LogP contribution < -0.4 is 5.32 Å². The van der Waals surface area contributed by atoms with Crippen LogP contribution in [-0.2, 0) is 0 Å². The Hall–Kier alpha value is -3.76. The Morgan fingerprint density at radius 2 is 1.28 bits per heavy atom. The van der Waals surface area contributed by atoms with Crippen molar-refractivity contribution in [1.29, 1.82) is 10.5 Å². The lowest BCUT2D eigenvalue weighted by Crippen LogP contribution is -1.95. The first kappa shape index (κ1) is 14.8. The zero-order valence-electron chi connectivity index (χ0n) is 13.6. The lowest BCUT2D eigenvalue weighted by Gasteiger charge is -2.09. The Bertz CT molecular complexity index is 1110. The van der Waals surface area contributed by atoms with Crippen molar-refractivity contribution in [2.75, 3.05) is 12.4 Å². The minimum atomic E-state index is 0.615. The first-order valence-electron chi connectivity index (χ1n) is 7.92. The lowest BCUT2D eigenvalue weighted by atomic mass is 10.1. The van der Waals surface area contributed by atoms with Crippen LogP contribution in [0.2, 0.25) is 0 Å². The van der Waals surface area contributed by atoms with Crippen LogP contribution in [0.3, 0.4) is 0 Å². The molecular weight excluding hydrogens is 308 g/mol. The molecule has 0 aliphatic carbocycles. The van der Waals surface area contributed by atoms with E-state index in [0.717, 1.165) is 33.2 Å². The number of aromatic nitrogens is 1. The normalized spacial score (nSPS) is 10.5. The standard InChI is InChI=1S/C21H14N4/c1-24-16-4-6-17(7-5-16)25-20-10-14(12-22)2-8-18(20)19-9-3-15(13-23)11-21(19)25/h2-11,24H,1H3. The third kappa shape index (κ3) is 2.29. The van der Waals surface area contributed by atoms with Gasteiger partial charge in [-0.05, 0) is 48.5 Å². The average Bonchev–Trinajstić information content (AvgIpc) is 3.00. The molecule has 1 aromatic heterocycles. The number of nitrogens with zero attached hydrogens (tertiary/aromatic N) is 3. The van der Waals surface area contributed by atoms with Gasteiger partial charge in [-0.3, -0.25) is 0 Å². The third-order valence-electron chi connectivity index (χ3n) is 4.44. The van der Waals surface area contributed by atoms with Crippen molar-refractivity contribution >= 4 is 27.5 Å². The van der Waals surface area contributed by atoms with Gasteiger partial charge in [0.25, 0.3) is 0 Å². The van der Waals surface area contributed by atoms with Crippen LogP contribution in [0.15, 0.2) is 60.7 Å². The lowest BCUT2D eigenvalue weighted by molar-refractivity contribution is 1.18. The van der Waals surface area contributed by atoms with Gasteiger partial charge < -0.3 is 9.88 Å². The van der Waals surface area contributed by atoms with Gasteiger partial charge in [0.1, 0.15) is 0 Å². The van der Waals surface area contributed by atoms with E-state index in [-0.39, 0.29) is 0 Å². The SMILES string of the molecule is CNc1ccc(-n2c3cc(C#N)ccc3c3ccc(C#N)cc32)cc1. The zero-order chi connectivity index (χ0) is 17.4. The number of benzene rings is 3. The van der Waals surface area contributed by atoms with E-state index < -0.39 is 0 Å². The van der Waals surface area contributed by atoms with Crippen LogP contribution in [0.25, 0.3) is 27.5 Å². The van der Waals surface area contributed by atoms with E-state index in [4.69, 9.17) is 0 Å². The van der Waals surface area contributed by atoms with Crippen molar-refractivity contribution in [2.45, 2.75) is 0 Å². The molecule has 118 valence electrons. The van der Waals surface area contributed by atoms with E-state index in [1.54, 1.807) is 0 Å². The second kappa shape index (κ2) is 5.70. The quantitative estimate of drug-likeness (QED) is 0.588. The summed E-state index contributed by atoms with van der Waals surface area (Å²) in [6.07, 6.45) is 0. The number of nitriles is 2. The molecule has 0 saturated carbocycles. The maximum Gasteiger partial charge on any atom is 0.0992 e. The summed E-state index contributed by atoms with van der Waals surface area (Å²) in [5.41, 5.74) is 5.17. The fourth-order valence-corrected chi connectivity index (χ4v) is 3.21. The molecule has 0 aliphatic heterocycles. The molecule has 4 aromatic rings. The van der Waals surface area contributed by atoms with E-state index >= 15 is 0 Å². The number of fused-ring (bicyclic) bond motifs is 3. The van der Waals surface area contributed by atoms with Gasteiger partial charge in [0.15, 0.2) is 0 Å². The Kier molecular flexibility index (Phi) is 3.38. The van der Waals surface area contributed by atoms with Crippen LogP contribution >= 0.6 is 0 Å². The highest BCUT2D eigenvalue weighted by molar-refractivity contribution is 6.09. The predicted octanol–water partition coefficient (Wildman–Crippen LogP) is 4.57. The summed E-state index contributed by atoms with van der Waals surface area (Å²) in [5.74, 6) is 0. The molecule has 0 amide bonds. The van der Waals surface area contributed by atoms with Crippen molar-refractivity contribution in [3.63, 3.8) is 0 Å². The maximum absolute atomic E-state index is 9.27. The van der Waals surface area contributed by atoms with Crippen LogP contribution in [-0.4, -0.2) is 11.6 Å². The highest BCUT2D eigenvalue weighted by Gasteiger charge is 2.13. The van der Waals surface area contributed by atoms with E-state index in [2.05, 4.69) is 22.0 Å². The second-order valence-electron chi connectivity index (χ2n) is 5.82. The Morgan fingerprint density at radius 1 is 0.760 bits per heavy atom. The summed E-state index contributed by atoms with van der Waals surface area (Å²) in [7, 11) is 1.88. The van der Waals surface area contributed by atoms with Gasteiger partial charge in [-0.15, -0.1) is 0 Å². The number of rotatable bonds is 2. The Balaban J connectivity index is 2.13. The van der Waals surface area contributed by atoms with Crippen molar-refractivity contribution in [2.24, 2.45) is 0 Å². The molecule has 4 heteroatoms. The number of nitrogens with one attached hydrogen (secondary N) is 1. The molecule has 1 heterocycles. The molecule has 0 fully saturated rings. The van der Waals surface area contributed by atoms with Gasteiger partial charge in [-0.2, -0.15) is 10.5 Å². The Morgan fingerprint density at radius 3 is 1.72 bits per heavy atom. The fourth-order valence-electron chi connectivity index (χ4n) is 3.21. The monoisotopic (exact) mass is 322 g/mol. The highest BCUT2D eigenvalue weighted by atomic mass is 15.0. The van der Waals surface area contributed by atoms with Crippen molar-refractivity contribution in [3.8, 4) is 17.8 Å². The molecule has 0 atom stereocenters. The number of hydrogen-bond donors (Lipinski definition) is 1. The van der Waals surface area contributed by atoms with Gasteiger partial charge in [0.2, 0.25) is 0 Å². The molecule has 0 bridgehead atoms. The van der Waals surface area contributed by atoms with Crippen LogP contribution in [0, 0.1) is 22.7 Å². The third-order valence-corrected chi connectivity index (χ3v) is 4.44. The van der Waals surface area contributed by atoms with E-state index in [1.165, 1.54) is 0 Å². The number of hydrogen-bond acceptors (Lipinski definition) is 3. The average molecular weight is 322 g/mol. The molecule has 0 spiro atoms. The fraction of sp³-hybridized carbons (Fsp3) is 0.0476. The molecule has 1 N–H and O–H groups in total. The molecule has 4 rings (SSSR count). The smallest absolute Gasteiger partial charge is 0.0992 e. The topological polar surface area (TPSA) is 64.5 Å². The maximum atomic E-state index is 9.27. The molecule has 0 saturated heterocycles. The first-order chi connectivity index (χ1) is 12.2. The molecule has 25 heavy (non-hydrogen) atoms. The van der Waals surface area contributed by atoms with Crippen molar-refractivity contribution in [3.05, 3.63) is 71.8 Å². The minimum Gasteiger partial charge on any atom is -0.388 e. The minimum absolute atomic E-state index is 0.615.